The van der Waals surface area contributed by atoms with Crippen LogP contribution in [0.2, 0.25) is 0 Å². The Hall–Kier alpha value is -1.19. The Labute approximate surface area is 59.8 Å². The predicted octanol–water partition coefficient (Wildman–Crippen LogP) is 0.628. The van der Waals surface area contributed by atoms with Gasteiger partial charge in [0.15, 0.2) is 0 Å². The van der Waals surface area contributed by atoms with Crippen molar-refractivity contribution in [2.75, 3.05) is 11.5 Å². The lowest BCUT2D eigenvalue weighted by Crippen LogP contribution is -2.06. The van der Waals surface area contributed by atoms with Gasteiger partial charge in [-0.2, -0.15) is 5.10 Å². The van der Waals surface area contributed by atoms with Crippen molar-refractivity contribution in [1.29, 1.82) is 0 Å². The van der Waals surface area contributed by atoms with Crippen molar-refractivity contribution in [3.63, 3.8) is 0 Å². The number of rotatable bonds is 1. The Balaban J connectivity index is 3.03. The molecule has 0 amide bonds. The van der Waals surface area contributed by atoms with Crippen LogP contribution in [0.1, 0.15) is 19.9 Å². The zero-order chi connectivity index (χ0) is 7.72. The third-order valence-electron chi connectivity index (χ3n) is 1.27. The van der Waals surface area contributed by atoms with Crippen LogP contribution in [0.15, 0.2) is 6.07 Å². The maximum absolute atomic E-state index is 5.56. The lowest BCUT2D eigenvalue weighted by molar-refractivity contribution is 0.543. The second-order valence-corrected chi connectivity index (χ2v) is 2.53. The molecule has 0 aliphatic carbocycles. The van der Waals surface area contributed by atoms with Crippen LogP contribution in [0.25, 0.3) is 0 Å². The molecular formula is C6H12N4. The minimum Gasteiger partial charge on any atom is -0.384 e. The van der Waals surface area contributed by atoms with E-state index in [2.05, 4.69) is 5.10 Å². The topological polar surface area (TPSA) is 69.9 Å². The van der Waals surface area contributed by atoms with E-state index < -0.39 is 0 Å². The molecule has 1 rings (SSSR count). The molecule has 0 spiro atoms. The van der Waals surface area contributed by atoms with Gasteiger partial charge in [0, 0.05) is 12.1 Å². The number of aromatic nitrogens is 2. The molecule has 0 saturated carbocycles. The van der Waals surface area contributed by atoms with Crippen molar-refractivity contribution >= 4 is 11.6 Å². The van der Waals surface area contributed by atoms with Gasteiger partial charge in [-0.25, -0.2) is 4.68 Å². The fraction of sp³-hybridized carbons (Fsp3) is 0.500. The van der Waals surface area contributed by atoms with Crippen molar-refractivity contribution < 1.29 is 0 Å². The minimum atomic E-state index is 0.275. The van der Waals surface area contributed by atoms with E-state index in [-0.39, 0.29) is 6.04 Å². The first-order valence-electron chi connectivity index (χ1n) is 3.21. The summed E-state index contributed by atoms with van der Waals surface area (Å²) < 4.78 is 1.69. The molecule has 4 heteroatoms. The average molecular weight is 140 g/mol. The second kappa shape index (κ2) is 2.21. The van der Waals surface area contributed by atoms with Crippen LogP contribution >= 0.6 is 0 Å². The van der Waals surface area contributed by atoms with Crippen LogP contribution in [-0.4, -0.2) is 9.78 Å². The SMILES string of the molecule is CC(C)n1nc(N)cc1N. The lowest BCUT2D eigenvalue weighted by Gasteiger charge is -2.05. The molecule has 0 aromatic carbocycles. The van der Waals surface area contributed by atoms with E-state index in [4.69, 9.17) is 11.5 Å². The third kappa shape index (κ3) is 1.05. The van der Waals surface area contributed by atoms with Crippen LogP contribution < -0.4 is 11.5 Å². The molecule has 4 N–H and O–H groups in total. The maximum atomic E-state index is 5.56. The summed E-state index contributed by atoms with van der Waals surface area (Å²) in [4.78, 5) is 0. The first-order chi connectivity index (χ1) is 4.61. The largest absolute Gasteiger partial charge is 0.384 e. The van der Waals surface area contributed by atoms with E-state index in [0.717, 1.165) is 0 Å². The summed E-state index contributed by atoms with van der Waals surface area (Å²) in [5.74, 6) is 1.10. The van der Waals surface area contributed by atoms with E-state index >= 15 is 0 Å². The van der Waals surface area contributed by atoms with Gasteiger partial charge in [-0.05, 0) is 13.8 Å². The van der Waals surface area contributed by atoms with Gasteiger partial charge < -0.3 is 11.5 Å². The smallest absolute Gasteiger partial charge is 0.147 e. The van der Waals surface area contributed by atoms with Crippen molar-refractivity contribution in [3.05, 3.63) is 6.07 Å². The van der Waals surface area contributed by atoms with Gasteiger partial charge in [-0.3, -0.25) is 0 Å². The maximum Gasteiger partial charge on any atom is 0.147 e. The first kappa shape index (κ1) is 6.92. The number of nitrogens with two attached hydrogens (primary N) is 2. The normalized spacial score (nSPS) is 10.7. The summed E-state index contributed by atoms with van der Waals surface area (Å²) in [5, 5.41) is 3.98. The predicted molar refractivity (Wildman–Crippen MR) is 41.4 cm³/mol. The Morgan fingerprint density at radius 3 is 2.30 bits per heavy atom. The quantitative estimate of drug-likeness (QED) is 0.601. The first-order valence-corrected chi connectivity index (χ1v) is 3.21. The summed E-state index contributed by atoms with van der Waals surface area (Å²) in [5.41, 5.74) is 11.0. The van der Waals surface area contributed by atoms with Gasteiger partial charge in [0.25, 0.3) is 0 Å². The minimum absolute atomic E-state index is 0.275. The average Bonchev–Trinajstić information content (AvgIpc) is 2.10. The van der Waals surface area contributed by atoms with Crippen LogP contribution in [-0.2, 0) is 0 Å². The standard InChI is InChI=1S/C6H12N4/c1-4(2)10-6(8)3-5(7)9-10/h3-4H,8H2,1-2H3,(H2,7,9). The third-order valence-corrected chi connectivity index (χ3v) is 1.27. The van der Waals surface area contributed by atoms with Crippen molar-refractivity contribution in [2.45, 2.75) is 19.9 Å². The zero-order valence-corrected chi connectivity index (χ0v) is 6.20. The number of anilines is 2. The molecule has 0 radical (unpaired) electrons. The number of nitrogen functional groups attached to an aromatic ring is 2. The Kier molecular flexibility index (Phi) is 1.53. The highest BCUT2D eigenvalue weighted by Gasteiger charge is 2.03. The molecule has 0 bridgehead atoms. The Morgan fingerprint density at radius 2 is 2.10 bits per heavy atom. The van der Waals surface area contributed by atoms with Gasteiger partial charge in [-0.15, -0.1) is 0 Å². The summed E-state index contributed by atoms with van der Waals surface area (Å²) in [7, 11) is 0. The number of hydrogen-bond acceptors (Lipinski definition) is 3. The highest BCUT2D eigenvalue weighted by molar-refractivity contribution is 5.42. The molecular weight excluding hydrogens is 128 g/mol. The van der Waals surface area contributed by atoms with Crippen molar-refractivity contribution in [1.82, 2.24) is 9.78 Å². The van der Waals surface area contributed by atoms with E-state index in [1.807, 2.05) is 13.8 Å². The Morgan fingerprint density at radius 1 is 1.50 bits per heavy atom. The van der Waals surface area contributed by atoms with Crippen LogP contribution in [0.3, 0.4) is 0 Å². The second-order valence-electron chi connectivity index (χ2n) is 2.53. The van der Waals surface area contributed by atoms with Crippen LogP contribution in [0, 0.1) is 0 Å². The van der Waals surface area contributed by atoms with E-state index in [9.17, 15) is 0 Å². The van der Waals surface area contributed by atoms with Crippen LogP contribution in [0.4, 0.5) is 11.6 Å². The van der Waals surface area contributed by atoms with Crippen molar-refractivity contribution in [2.24, 2.45) is 0 Å². The highest BCUT2D eigenvalue weighted by Crippen LogP contribution is 2.13. The molecule has 0 aliphatic heterocycles. The molecule has 0 aliphatic rings. The molecule has 56 valence electrons. The summed E-state index contributed by atoms with van der Waals surface area (Å²) >= 11 is 0. The number of hydrogen-bond donors (Lipinski definition) is 2. The van der Waals surface area contributed by atoms with Gasteiger partial charge in [0.1, 0.15) is 11.6 Å². The van der Waals surface area contributed by atoms with Crippen molar-refractivity contribution in [3.8, 4) is 0 Å². The molecule has 0 saturated heterocycles. The number of nitrogens with zero attached hydrogens (tertiary/aromatic N) is 2. The van der Waals surface area contributed by atoms with E-state index in [1.54, 1.807) is 10.7 Å². The van der Waals surface area contributed by atoms with Gasteiger partial charge in [-0.1, -0.05) is 0 Å². The van der Waals surface area contributed by atoms with Gasteiger partial charge in [0.2, 0.25) is 0 Å². The summed E-state index contributed by atoms with van der Waals surface area (Å²) in [6.07, 6.45) is 0. The highest BCUT2D eigenvalue weighted by atomic mass is 15.3. The summed E-state index contributed by atoms with van der Waals surface area (Å²) in [6.45, 7) is 4.01. The molecule has 0 fully saturated rings. The fourth-order valence-electron chi connectivity index (χ4n) is 0.842. The lowest BCUT2D eigenvalue weighted by atomic mass is 10.4. The van der Waals surface area contributed by atoms with Crippen LogP contribution in [0.5, 0.6) is 0 Å². The molecule has 4 nitrogen and oxygen atoms in total. The van der Waals surface area contributed by atoms with Gasteiger partial charge >= 0.3 is 0 Å². The molecule has 1 aromatic rings. The molecule has 10 heavy (non-hydrogen) atoms. The van der Waals surface area contributed by atoms with E-state index in [1.165, 1.54) is 0 Å². The molecule has 1 aromatic heterocycles. The molecule has 1 heterocycles. The fourth-order valence-corrected chi connectivity index (χ4v) is 0.842. The van der Waals surface area contributed by atoms with E-state index in [0.29, 0.717) is 11.6 Å². The molecule has 0 atom stereocenters. The monoisotopic (exact) mass is 140 g/mol. The van der Waals surface area contributed by atoms with Gasteiger partial charge in [0.05, 0.1) is 0 Å². The summed E-state index contributed by atoms with van der Waals surface area (Å²) in [6, 6.07) is 1.93. The zero-order valence-electron chi connectivity index (χ0n) is 6.20. The Bertz CT molecular complexity index is 226. The molecule has 0 unspecified atom stereocenters.